The normalized spacial score (nSPS) is 14.3. The van der Waals surface area contributed by atoms with Gasteiger partial charge >= 0.3 is 0 Å². The third kappa shape index (κ3) is 3.47. The number of hydrogen-bond acceptors (Lipinski definition) is 5. The molecule has 1 aromatic rings. The highest BCUT2D eigenvalue weighted by atomic mass is 15.6. The summed E-state index contributed by atoms with van der Waals surface area (Å²) in [5, 5.41) is 15.7. The van der Waals surface area contributed by atoms with Crippen LogP contribution in [-0.4, -0.2) is 57.3 Å². The smallest absolute Gasteiger partial charge is 0.176 e. The molecule has 1 heterocycles. The molecule has 0 amide bonds. The van der Waals surface area contributed by atoms with E-state index in [-0.39, 0.29) is 5.54 Å². The molecule has 0 aromatic carbocycles. The largest absolute Gasteiger partial charge is 0.312 e. The maximum absolute atomic E-state index is 4.24. The first-order valence-corrected chi connectivity index (χ1v) is 6.01. The number of aromatic nitrogens is 4. The Morgan fingerprint density at radius 3 is 2.47 bits per heavy atom. The van der Waals surface area contributed by atoms with Gasteiger partial charge in [-0.25, -0.2) is 0 Å². The number of nitrogens with zero attached hydrogens (tertiary/aromatic N) is 5. The Morgan fingerprint density at radius 2 is 2.06 bits per heavy atom. The molecular weight excluding hydrogens is 216 g/mol. The Labute approximate surface area is 103 Å². The van der Waals surface area contributed by atoms with Crippen molar-refractivity contribution in [2.45, 2.75) is 38.8 Å². The lowest BCUT2D eigenvalue weighted by atomic mass is 9.90. The molecule has 0 aliphatic heterocycles. The Bertz CT molecular complexity index is 343. The molecule has 1 rings (SSSR count). The summed E-state index contributed by atoms with van der Waals surface area (Å²) in [5.41, 5.74) is 0.0369. The van der Waals surface area contributed by atoms with Crippen LogP contribution in [0.5, 0.6) is 0 Å². The summed E-state index contributed by atoms with van der Waals surface area (Å²) in [6.07, 6.45) is 0.785. The SMILES string of the molecule is CCNC(Cc1nnn(C)n1)C(C)(C)N(C)C. The van der Waals surface area contributed by atoms with Crippen molar-refractivity contribution in [1.29, 1.82) is 0 Å². The number of nitrogens with one attached hydrogen (secondary N) is 1. The van der Waals surface area contributed by atoms with E-state index in [0.29, 0.717) is 6.04 Å². The average molecular weight is 240 g/mol. The van der Waals surface area contributed by atoms with Crippen LogP contribution in [0.3, 0.4) is 0 Å². The molecule has 98 valence electrons. The van der Waals surface area contributed by atoms with E-state index in [0.717, 1.165) is 18.8 Å². The molecule has 1 N–H and O–H groups in total. The minimum Gasteiger partial charge on any atom is -0.312 e. The molecule has 6 heteroatoms. The number of hydrogen-bond donors (Lipinski definition) is 1. The number of tetrazole rings is 1. The first-order valence-electron chi connectivity index (χ1n) is 6.01. The summed E-state index contributed by atoms with van der Waals surface area (Å²) in [6.45, 7) is 7.48. The van der Waals surface area contributed by atoms with E-state index in [1.54, 1.807) is 7.05 Å². The fraction of sp³-hybridized carbons (Fsp3) is 0.909. The Morgan fingerprint density at radius 1 is 1.41 bits per heavy atom. The number of rotatable bonds is 6. The average Bonchev–Trinajstić information content (AvgIpc) is 2.63. The summed E-state index contributed by atoms with van der Waals surface area (Å²) in [6, 6.07) is 0.298. The van der Waals surface area contributed by atoms with Gasteiger partial charge in [0, 0.05) is 18.0 Å². The van der Waals surface area contributed by atoms with E-state index in [1.165, 1.54) is 4.80 Å². The quantitative estimate of drug-likeness (QED) is 0.762. The second kappa shape index (κ2) is 5.55. The highest BCUT2D eigenvalue weighted by molar-refractivity contribution is 4.97. The highest BCUT2D eigenvalue weighted by Gasteiger charge is 2.32. The van der Waals surface area contributed by atoms with Crippen LogP contribution in [0.1, 0.15) is 26.6 Å². The summed E-state index contributed by atoms with van der Waals surface area (Å²) in [4.78, 5) is 3.72. The van der Waals surface area contributed by atoms with E-state index in [4.69, 9.17) is 0 Å². The molecule has 17 heavy (non-hydrogen) atoms. The first kappa shape index (κ1) is 14.1. The summed E-state index contributed by atoms with van der Waals surface area (Å²) >= 11 is 0. The van der Waals surface area contributed by atoms with Gasteiger partial charge in [0.2, 0.25) is 0 Å². The highest BCUT2D eigenvalue weighted by Crippen LogP contribution is 2.18. The van der Waals surface area contributed by atoms with Crippen molar-refractivity contribution in [3.8, 4) is 0 Å². The van der Waals surface area contributed by atoms with Crippen LogP contribution >= 0.6 is 0 Å². The van der Waals surface area contributed by atoms with Gasteiger partial charge in [0.25, 0.3) is 0 Å². The summed E-state index contributed by atoms with van der Waals surface area (Å²) in [7, 11) is 5.97. The number of likely N-dealkylation sites (N-methyl/N-ethyl adjacent to an activating group) is 2. The lowest BCUT2D eigenvalue weighted by Crippen LogP contribution is -2.56. The van der Waals surface area contributed by atoms with Crippen molar-refractivity contribution >= 4 is 0 Å². The third-order valence-electron chi connectivity index (χ3n) is 3.39. The molecule has 0 bridgehead atoms. The molecule has 0 aliphatic carbocycles. The molecule has 0 spiro atoms. The van der Waals surface area contributed by atoms with Crippen LogP contribution in [0.4, 0.5) is 0 Å². The lowest BCUT2D eigenvalue weighted by Gasteiger charge is -2.40. The lowest BCUT2D eigenvalue weighted by molar-refractivity contribution is 0.137. The van der Waals surface area contributed by atoms with E-state index in [2.05, 4.69) is 60.5 Å². The second-order valence-corrected chi connectivity index (χ2v) is 5.06. The molecule has 1 atom stereocenters. The van der Waals surface area contributed by atoms with Gasteiger partial charge in [0.1, 0.15) is 0 Å². The molecule has 0 aliphatic rings. The molecule has 1 unspecified atom stereocenters. The monoisotopic (exact) mass is 240 g/mol. The van der Waals surface area contributed by atoms with Gasteiger partial charge in [-0.1, -0.05) is 6.92 Å². The maximum atomic E-state index is 4.24. The Hall–Kier alpha value is -1.01. The zero-order valence-corrected chi connectivity index (χ0v) is 11.7. The second-order valence-electron chi connectivity index (χ2n) is 5.06. The zero-order chi connectivity index (χ0) is 13.1. The number of aryl methyl sites for hydroxylation is 1. The maximum Gasteiger partial charge on any atom is 0.176 e. The van der Waals surface area contributed by atoms with E-state index < -0.39 is 0 Å². The Balaban J connectivity index is 2.79. The fourth-order valence-electron chi connectivity index (χ4n) is 1.72. The minimum atomic E-state index is 0.0369. The topological polar surface area (TPSA) is 58.9 Å². The van der Waals surface area contributed by atoms with Gasteiger partial charge < -0.3 is 10.2 Å². The van der Waals surface area contributed by atoms with Crippen molar-refractivity contribution in [2.24, 2.45) is 7.05 Å². The van der Waals surface area contributed by atoms with Crippen LogP contribution in [0, 0.1) is 0 Å². The Kier molecular flexibility index (Phi) is 4.59. The van der Waals surface area contributed by atoms with E-state index in [9.17, 15) is 0 Å². The minimum absolute atomic E-state index is 0.0369. The molecule has 0 saturated heterocycles. The van der Waals surface area contributed by atoms with Gasteiger partial charge in [-0.3, -0.25) is 0 Å². The van der Waals surface area contributed by atoms with Gasteiger partial charge in [0.05, 0.1) is 7.05 Å². The van der Waals surface area contributed by atoms with Gasteiger partial charge in [-0.15, -0.1) is 10.2 Å². The molecule has 6 nitrogen and oxygen atoms in total. The summed E-state index contributed by atoms with van der Waals surface area (Å²) < 4.78 is 0. The van der Waals surface area contributed by atoms with Gasteiger partial charge in [-0.2, -0.15) is 4.80 Å². The van der Waals surface area contributed by atoms with Crippen molar-refractivity contribution in [1.82, 2.24) is 30.4 Å². The molecule has 1 aromatic heterocycles. The molecule has 0 saturated carbocycles. The van der Waals surface area contributed by atoms with Gasteiger partial charge in [0.15, 0.2) is 5.82 Å². The van der Waals surface area contributed by atoms with Crippen molar-refractivity contribution < 1.29 is 0 Å². The first-order chi connectivity index (χ1) is 7.87. The molecular formula is C11H24N6. The third-order valence-corrected chi connectivity index (χ3v) is 3.39. The van der Waals surface area contributed by atoms with Crippen molar-refractivity contribution in [3.05, 3.63) is 5.82 Å². The summed E-state index contributed by atoms with van der Waals surface area (Å²) in [5.74, 6) is 0.786. The van der Waals surface area contributed by atoms with Crippen LogP contribution < -0.4 is 5.32 Å². The van der Waals surface area contributed by atoms with Crippen LogP contribution in [0.15, 0.2) is 0 Å². The molecule has 0 radical (unpaired) electrons. The standard InChI is InChI=1S/C11H24N6/c1-7-12-9(11(2,3)16(4)5)8-10-13-15-17(6)14-10/h9,12H,7-8H2,1-6H3. The van der Waals surface area contributed by atoms with Crippen molar-refractivity contribution in [3.63, 3.8) is 0 Å². The van der Waals surface area contributed by atoms with Crippen LogP contribution in [0.2, 0.25) is 0 Å². The van der Waals surface area contributed by atoms with Crippen LogP contribution in [-0.2, 0) is 13.5 Å². The zero-order valence-electron chi connectivity index (χ0n) is 11.7. The molecule has 0 fully saturated rings. The predicted octanol–water partition coefficient (Wildman–Crippen LogP) is 0.0709. The van der Waals surface area contributed by atoms with E-state index in [1.807, 2.05) is 0 Å². The van der Waals surface area contributed by atoms with Crippen LogP contribution in [0.25, 0.3) is 0 Å². The van der Waals surface area contributed by atoms with Crippen molar-refractivity contribution in [2.75, 3.05) is 20.6 Å². The van der Waals surface area contributed by atoms with Gasteiger partial charge in [-0.05, 0) is 39.7 Å². The predicted molar refractivity (Wildman–Crippen MR) is 67.7 cm³/mol. The fourth-order valence-corrected chi connectivity index (χ4v) is 1.72. The van der Waals surface area contributed by atoms with E-state index >= 15 is 0 Å².